The van der Waals surface area contributed by atoms with Crippen molar-refractivity contribution in [2.75, 3.05) is 7.05 Å². The molecule has 100 valence electrons. The van der Waals surface area contributed by atoms with Crippen LogP contribution in [0.1, 0.15) is 34.1 Å². The average Bonchev–Trinajstić information content (AvgIpc) is 2.21. The Hall–Kier alpha value is -1.10. The average molecular weight is 244 g/mol. The first-order valence-electron chi connectivity index (χ1n) is 5.93. The summed E-state index contributed by atoms with van der Waals surface area (Å²) in [7, 11) is 1.51. The molecule has 0 saturated carbocycles. The van der Waals surface area contributed by atoms with Crippen LogP contribution in [-0.4, -0.2) is 41.0 Å². The molecule has 0 aromatic rings. The minimum Gasteiger partial charge on any atom is -0.480 e. The quantitative estimate of drug-likeness (QED) is 0.728. The van der Waals surface area contributed by atoms with Crippen molar-refractivity contribution in [3.8, 4) is 0 Å². The Morgan fingerprint density at radius 1 is 1.24 bits per heavy atom. The highest BCUT2D eigenvalue weighted by molar-refractivity contribution is 5.86. The second-order valence-corrected chi connectivity index (χ2v) is 5.20. The van der Waals surface area contributed by atoms with Crippen molar-refractivity contribution >= 4 is 11.9 Å². The molecule has 0 spiro atoms. The van der Waals surface area contributed by atoms with Gasteiger partial charge in [-0.15, -0.1) is 0 Å². The third-order valence-electron chi connectivity index (χ3n) is 2.80. The Balaban J connectivity index is 4.78. The van der Waals surface area contributed by atoms with E-state index in [1.807, 2.05) is 27.7 Å². The zero-order chi connectivity index (χ0) is 13.7. The van der Waals surface area contributed by atoms with E-state index in [-0.39, 0.29) is 17.7 Å². The predicted molar refractivity (Wildman–Crippen MR) is 66.5 cm³/mol. The van der Waals surface area contributed by atoms with Gasteiger partial charge in [0.05, 0.1) is 6.04 Å². The van der Waals surface area contributed by atoms with Crippen molar-refractivity contribution in [1.82, 2.24) is 4.90 Å². The van der Waals surface area contributed by atoms with Crippen LogP contribution in [-0.2, 0) is 9.59 Å². The molecule has 0 heterocycles. The maximum atomic E-state index is 11.9. The maximum Gasteiger partial charge on any atom is 0.326 e. The molecule has 0 radical (unpaired) electrons. The number of carboxylic acid groups (broad SMARTS) is 1. The lowest BCUT2D eigenvalue weighted by Crippen LogP contribution is -2.51. The van der Waals surface area contributed by atoms with Crippen LogP contribution in [0.25, 0.3) is 0 Å². The second kappa shape index (κ2) is 6.59. The van der Waals surface area contributed by atoms with Crippen LogP contribution in [0.3, 0.4) is 0 Å². The summed E-state index contributed by atoms with van der Waals surface area (Å²) in [5.74, 6) is -1.08. The molecule has 5 nitrogen and oxygen atoms in total. The fourth-order valence-corrected chi connectivity index (χ4v) is 1.54. The number of carbonyl (C=O) groups excluding carboxylic acids is 1. The Morgan fingerprint density at radius 2 is 1.71 bits per heavy atom. The monoisotopic (exact) mass is 244 g/mol. The zero-order valence-corrected chi connectivity index (χ0v) is 11.3. The number of carboxylic acids is 1. The molecule has 0 aliphatic heterocycles. The lowest BCUT2D eigenvalue weighted by atomic mass is 9.99. The summed E-state index contributed by atoms with van der Waals surface area (Å²) in [5.41, 5.74) is 5.75. The summed E-state index contributed by atoms with van der Waals surface area (Å²) >= 11 is 0. The molecule has 1 amide bonds. The number of carbonyl (C=O) groups is 2. The smallest absolute Gasteiger partial charge is 0.326 e. The number of hydrogen-bond acceptors (Lipinski definition) is 3. The minimum atomic E-state index is -0.981. The topological polar surface area (TPSA) is 83.6 Å². The highest BCUT2D eigenvalue weighted by atomic mass is 16.4. The third-order valence-corrected chi connectivity index (χ3v) is 2.80. The van der Waals surface area contributed by atoms with Crippen molar-refractivity contribution in [3.63, 3.8) is 0 Å². The molecule has 0 aromatic carbocycles. The van der Waals surface area contributed by atoms with E-state index in [2.05, 4.69) is 0 Å². The molecule has 0 aliphatic rings. The molecule has 3 N–H and O–H groups in total. The van der Waals surface area contributed by atoms with E-state index in [1.165, 1.54) is 11.9 Å². The van der Waals surface area contributed by atoms with E-state index in [0.717, 1.165) is 0 Å². The summed E-state index contributed by atoms with van der Waals surface area (Å²) in [6, 6.07) is -1.44. The highest BCUT2D eigenvalue weighted by Gasteiger charge is 2.30. The van der Waals surface area contributed by atoms with Crippen LogP contribution >= 0.6 is 0 Å². The SMILES string of the molecule is CC(C)C[C@@H](C(=O)O)N(C)C(=O)[C@@H](N)C(C)C. The summed E-state index contributed by atoms with van der Waals surface area (Å²) in [6.45, 7) is 7.54. The number of hydrogen-bond donors (Lipinski definition) is 2. The van der Waals surface area contributed by atoms with Crippen LogP contribution < -0.4 is 5.73 Å². The van der Waals surface area contributed by atoms with Gasteiger partial charge in [0.15, 0.2) is 0 Å². The first-order chi connectivity index (χ1) is 7.68. The lowest BCUT2D eigenvalue weighted by Gasteiger charge is -2.29. The highest BCUT2D eigenvalue weighted by Crippen LogP contribution is 2.13. The second-order valence-electron chi connectivity index (χ2n) is 5.20. The molecule has 0 bridgehead atoms. The van der Waals surface area contributed by atoms with Gasteiger partial charge in [-0.25, -0.2) is 4.79 Å². The van der Waals surface area contributed by atoms with E-state index >= 15 is 0 Å². The van der Waals surface area contributed by atoms with E-state index in [9.17, 15) is 9.59 Å². The van der Waals surface area contributed by atoms with Crippen molar-refractivity contribution < 1.29 is 14.7 Å². The number of rotatable bonds is 6. The molecule has 2 atom stereocenters. The predicted octanol–water partition coefficient (Wildman–Crippen LogP) is 0.927. The van der Waals surface area contributed by atoms with Crippen LogP contribution in [0.5, 0.6) is 0 Å². The molecule has 0 saturated heterocycles. The Labute approximate surface area is 103 Å². The summed E-state index contributed by atoms with van der Waals surface area (Å²) in [6.07, 6.45) is 0.433. The molecule has 0 fully saturated rings. The molecule has 0 unspecified atom stereocenters. The van der Waals surface area contributed by atoms with E-state index in [1.54, 1.807) is 0 Å². The Kier molecular flexibility index (Phi) is 6.16. The van der Waals surface area contributed by atoms with Gasteiger partial charge in [-0.1, -0.05) is 27.7 Å². The molecule has 17 heavy (non-hydrogen) atoms. The van der Waals surface area contributed by atoms with E-state index in [4.69, 9.17) is 10.8 Å². The van der Waals surface area contributed by atoms with Crippen LogP contribution in [0.15, 0.2) is 0 Å². The Morgan fingerprint density at radius 3 is 2.00 bits per heavy atom. The molecule has 0 aliphatic carbocycles. The van der Waals surface area contributed by atoms with Gasteiger partial charge in [0.25, 0.3) is 0 Å². The molecule has 5 heteroatoms. The fraction of sp³-hybridized carbons (Fsp3) is 0.833. The molecular formula is C12H24N2O3. The normalized spacial score (nSPS) is 14.8. The van der Waals surface area contributed by atoms with Crippen molar-refractivity contribution in [2.45, 2.75) is 46.2 Å². The summed E-state index contributed by atoms with van der Waals surface area (Å²) in [5, 5.41) is 9.13. The van der Waals surface area contributed by atoms with Gasteiger partial charge >= 0.3 is 5.97 Å². The van der Waals surface area contributed by atoms with Gasteiger partial charge in [0.1, 0.15) is 6.04 Å². The van der Waals surface area contributed by atoms with E-state index < -0.39 is 18.1 Å². The van der Waals surface area contributed by atoms with Crippen LogP contribution in [0, 0.1) is 11.8 Å². The summed E-state index contributed by atoms with van der Waals surface area (Å²) in [4.78, 5) is 24.3. The zero-order valence-electron chi connectivity index (χ0n) is 11.3. The fourth-order valence-electron chi connectivity index (χ4n) is 1.54. The number of amides is 1. The van der Waals surface area contributed by atoms with Crippen LogP contribution in [0.2, 0.25) is 0 Å². The van der Waals surface area contributed by atoms with Crippen molar-refractivity contribution in [3.05, 3.63) is 0 Å². The molecular weight excluding hydrogens is 220 g/mol. The third kappa shape index (κ3) is 4.73. The number of likely N-dealkylation sites (N-methyl/N-ethyl adjacent to an activating group) is 1. The molecule has 0 rings (SSSR count). The van der Waals surface area contributed by atoms with Gasteiger partial charge in [0.2, 0.25) is 5.91 Å². The molecule has 0 aromatic heterocycles. The minimum absolute atomic E-state index is 0.00144. The van der Waals surface area contributed by atoms with Gasteiger partial charge in [-0.05, 0) is 18.3 Å². The first-order valence-corrected chi connectivity index (χ1v) is 5.93. The van der Waals surface area contributed by atoms with Gasteiger partial charge in [-0.2, -0.15) is 0 Å². The van der Waals surface area contributed by atoms with Crippen molar-refractivity contribution in [2.24, 2.45) is 17.6 Å². The van der Waals surface area contributed by atoms with Gasteiger partial charge in [-0.3, -0.25) is 4.79 Å². The van der Waals surface area contributed by atoms with E-state index in [0.29, 0.717) is 6.42 Å². The standard InChI is InChI=1S/C12H24N2O3/c1-7(2)6-9(12(16)17)14(5)11(15)10(13)8(3)4/h7-10H,6,13H2,1-5H3,(H,16,17)/t9-,10-/m0/s1. The van der Waals surface area contributed by atoms with Crippen LogP contribution in [0.4, 0.5) is 0 Å². The number of aliphatic carboxylic acids is 1. The number of nitrogens with zero attached hydrogens (tertiary/aromatic N) is 1. The largest absolute Gasteiger partial charge is 0.480 e. The van der Waals surface area contributed by atoms with Gasteiger partial charge < -0.3 is 15.7 Å². The Bertz CT molecular complexity index is 277. The first kappa shape index (κ1) is 15.9. The van der Waals surface area contributed by atoms with Crippen molar-refractivity contribution in [1.29, 1.82) is 0 Å². The number of nitrogens with two attached hydrogens (primary N) is 1. The maximum absolute atomic E-state index is 11.9. The van der Waals surface area contributed by atoms with Gasteiger partial charge in [0, 0.05) is 7.05 Å². The summed E-state index contributed by atoms with van der Waals surface area (Å²) < 4.78 is 0. The lowest BCUT2D eigenvalue weighted by molar-refractivity contribution is -0.150.